The molecule has 0 amide bonds. The van der Waals surface area contributed by atoms with Crippen molar-refractivity contribution < 1.29 is 5.11 Å². The number of likely N-dealkylation sites (tertiary alicyclic amines) is 1. The molecule has 2 aliphatic rings. The first-order chi connectivity index (χ1) is 19.1. The Bertz CT molecular complexity index is 1080. The van der Waals surface area contributed by atoms with E-state index in [1.54, 1.807) is 0 Å². The Balaban J connectivity index is 2.48. The zero-order valence-corrected chi connectivity index (χ0v) is 27.0. The van der Waals surface area contributed by atoms with Crippen molar-refractivity contribution in [2.24, 2.45) is 15.9 Å². The summed E-state index contributed by atoms with van der Waals surface area (Å²) in [6, 6.07) is 0.534. The van der Waals surface area contributed by atoms with Crippen molar-refractivity contribution >= 4 is 11.4 Å². The molecule has 5 heteroatoms. The van der Waals surface area contributed by atoms with Crippen LogP contribution in [-0.4, -0.2) is 72.7 Å². The van der Waals surface area contributed by atoms with Gasteiger partial charge in [-0.3, -0.25) is 9.98 Å². The van der Waals surface area contributed by atoms with Gasteiger partial charge in [0.2, 0.25) is 0 Å². The highest BCUT2D eigenvalue weighted by Gasteiger charge is 2.23. The van der Waals surface area contributed by atoms with Crippen LogP contribution in [0, 0.1) is 5.92 Å². The molecule has 1 saturated carbocycles. The molecular formula is C35H56N4O. The molecular weight excluding hydrogens is 492 g/mol. The molecule has 1 atom stereocenters. The predicted octanol–water partition coefficient (Wildman–Crippen LogP) is 7.69. The molecule has 0 aromatic heterocycles. The Hall–Kier alpha value is -2.50. The van der Waals surface area contributed by atoms with Crippen LogP contribution in [0.4, 0.5) is 0 Å². The second-order valence-electron chi connectivity index (χ2n) is 11.7. The number of aliphatic hydroxyl groups is 1. The molecule has 1 heterocycles. The zero-order chi connectivity index (χ0) is 29.8. The van der Waals surface area contributed by atoms with Crippen LogP contribution in [0.1, 0.15) is 87.0 Å². The van der Waals surface area contributed by atoms with Crippen molar-refractivity contribution in [2.75, 3.05) is 40.3 Å². The summed E-state index contributed by atoms with van der Waals surface area (Å²) in [5.41, 5.74) is 10.4. The van der Waals surface area contributed by atoms with Gasteiger partial charge in [-0.15, -0.1) is 0 Å². The van der Waals surface area contributed by atoms with Crippen LogP contribution >= 0.6 is 0 Å². The summed E-state index contributed by atoms with van der Waals surface area (Å²) in [7, 11) is 3.98. The lowest BCUT2D eigenvalue weighted by Gasteiger charge is -2.38. The Labute approximate surface area is 245 Å². The van der Waals surface area contributed by atoms with E-state index < -0.39 is 0 Å². The number of hydrogen-bond donors (Lipinski definition) is 1. The highest BCUT2D eigenvalue weighted by molar-refractivity contribution is 6.12. The summed E-state index contributed by atoms with van der Waals surface area (Å²) in [6.45, 7) is 22.4. The zero-order valence-electron chi connectivity index (χ0n) is 27.0. The maximum atomic E-state index is 9.33. The van der Waals surface area contributed by atoms with Crippen LogP contribution in [0.25, 0.3) is 0 Å². The van der Waals surface area contributed by atoms with Gasteiger partial charge < -0.3 is 14.9 Å². The third kappa shape index (κ3) is 9.55. The Morgan fingerprint density at radius 1 is 1.10 bits per heavy atom. The molecule has 5 nitrogen and oxygen atoms in total. The molecule has 1 unspecified atom stereocenters. The van der Waals surface area contributed by atoms with Gasteiger partial charge in [0.25, 0.3) is 0 Å². The Morgan fingerprint density at radius 3 is 2.23 bits per heavy atom. The number of nitrogens with zero attached hydrogens (tertiary/aromatic N) is 4. The minimum absolute atomic E-state index is 0.219. The second kappa shape index (κ2) is 16.7. The number of likely N-dealkylation sites (N-methyl/N-ethyl adjacent to an activating group) is 1. The third-order valence-corrected chi connectivity index (χ3v) is 8.69. The average molecular weight is 549 g/mol. The predicted molar refractivity (Wildman–Crippen MR) is 175 cm³/mol. The maximum Gasteiger partial charge on any atom is 0.0887 e. The highest BCUT2D eigenvalue weighted by Crippen LogP contribution is 2.30. The minimum atomic E-state index is 0.219. The molecule has 1 aliphatic heterocycles. The molecule has 0 radical (unpaired) electrons. The summed E-state index contributed by atoms with van der Waals surface area (Å²) in [5, 5.41) is 9.33. The molecule has 0 bridgehead atoms. The van der Waals surface area contributed by atoms with Gasteiger partial charge in [0.15, 0.2) is 0 Å². The summed E-state index contributed by atoms with van der Waals surface area (Å²) in [5.74, 6) is 0.316. The molecule has 1 saturated heterocycles. The van der Waals surface area contributed by atoms with Gasteiger partial charge in [0, 0.05) is 44.1 Å². The van der Waals surface area contributed by atoms with Gasteiger partial charge in [-0.1, -0.05) is 37.6 Å². The number of allylic oxidation sites excluding steroid dienone is 9. The van der Waals surface area contributed by atoms with E-state index in [4.69, 9.17) is 9.98 Å². The standard InChI is InChI=1S/C35H56N4O/c1-11-26(5)35(29(8)22-31(12-2)39-18-16-32(17-19-39)38(10)20-21-40)37-34(24-28(7)30-14-13-15-30)33(36-9)23-27(6)25(3)4/h12,22-24,26,32,40H,3,11,13-21H2,1-2,4-10H3/b27-23+,29-22-,31-12+,34-24-,36-33?,37-35-. The first kappa shape index (κ1) is 33.7. The van der Waals surface area contributed by atoms with Crippen molar-refractivity contribution in [3.05, 3.63) is 70.1 Å². The van der Waals surface area contributed by atoms with Crippen molar-refractivity contribution in [3.63, 3.8) is 0 Å². The fourth-order valence-electron chi connectivity index (χ4n) is 5.27. The van der Waals surface area contributed by atoms with Crippen LogP contribution in [0.3, 0.4) is 0 Å². The maximum absolute atomic E-state index is 9.33. The first-order valence-corrected chi connectivity index (χ1v) is 15.3. The fourth-order valence-corrected chi connectivity index (χ4v) is 5.27. The number of rotatable bonds is 13. The van der Waals surface area contributed by atoms with Crippen LogP contribution in [0.2, 0.25) is 0 Å². The summed E-state index contributed by atoms with van der Waals surface area (Å²) in [4.78, 5) is 14.9. The largest absolute Gasteiger partial charge is 0.395 e. The van der Waals surface area contributed by atoms with Crippen LogP contribution in [-0.2, 0) is 0 Å². The van der Waals surface area contributed by atoms with Crippen molar-refractivity contribution in [3.8, 4) is 0 Å². The minimum Gasteiger partial charge on any atom is -0.395 e. The highest BCUT2D eigenvalue weighted by atomic mass is 16.3. The van der Waals surface area contributed by atoms with Crippen molar-refractivity contribution in [1.82, 2.24) is 9.80 Å². The van der Waals surface area contributed by atoms with Gasteiger partial charge >= 0.3 is 0 Å². The molecule has 2 fully saturated rings. The lowest BCUT2D eigenvalue weighted by atomic mass is 9.88. The van der Waals surface area contributed by atoms with Gasteiger partial charge in [-0.25, -0.2) is 0 Å². The van der Waals surface area contributed by atoms with E-state index in [9.17, 15) is 5.11 Å². The van der Waals surface area contributed by atoms with Crippen LogP contribution < -0.4 is 0 Å². The molecule has 1 aliphatic carbocycles. The SMILES string of the molecule is C=C(C)/C(C)=C/C(=NC)C(=C/C(C)=C1CCC1)/N=C(\C(C)=C/C(=C\C)N1CCC(N(C)CCO)CC1)C(C)CC. The lowest BCUT2D eigenvalue weighted by Crippen LogP contribution is -2.43. The van der Waals surface area contributed by atoms with Gasteiger partial charge in [-0.2, -0.15) is 0 Å². The third-order valence-electron chi connectivity index (χ3n) is 8.69. The van der Waals surface area contributed by atoms with Gasteiger partial charge in [-0.05, 0) is 121 Å². The van der Waals surface area contributed by atoms with E-state index in [2.05, 4.69) is 89.3 Å². The van der Waals surface area contributed by atoms with E-state index in [0.717, 1.165) is 67.2 Å². The molecule has 1 N–H and O–H groups in total. The lowest BCUT2D eigenvalue weighted by molar-refractivity contribution is 0.126. The van der Waals surface area contributed by atoms with E-state index in [1.807, 2.05) is 14.0 Å². The molecule has 0 spiro atoms. The van der Waals surface area contributed by atoms with Gasteiger partial charge in [0.05, 0.1) is 18.0 Å². The Morgan fingerprint density at radius 2 is 1.75 bits per heavy atom. The monoisotopic (exact) mass is 548 g/mol. The smallest absolute Gasteiger partial charge is 0.0887 e. The topological polar surface area (TPSA) is 51.4 Å². The average Bonchev–Trinajstić information content (AvgIpc) is 2.91. The number of piperidine rings is 1. The molecule has 0 aromatic carbocycles. The number of aliphatic imine (C=N–C) groups is 2. The van der Waals surface area contributed by atoms with E-state index in [-0.39, 0.29) is 6.61 Å². The number of aliphatic hydroxyl groups excluding tert-OH is 1. The second-order valence-corrected chi connectivity index (χ2v) is 11.7. The van der Waals surface area contributed by atoms with Crippen molar-refractivity contribution in [2.45, 2.75) is 93.0 Å². The fraction of sp³-hybridized carbons (Fsp3) is 0.600. The number of hydrogen-bond acceptors (Lipinski definition) is 5. The van der Waals surface area contributed by atoms with Crippen LogP contribution in [0.15, 0.2) is 80.1 Å². The van der Waals surface area contributed by atoms with E-state index in [0.29, 0.717) is 12.0 Å². The summed E-state index contributed by atoms with van der Waals surface area (Å²) >= 11 is 0. The van der Waals surface area contributed by atoms with E-state index in [1.165, 1.54) is 41.7 Å². The first-order valence-electron chi connectivity index (χ1n) is 15.3. The molecule has 40 heavy (non-hydrogen) atoms. The van der Waals surface area contributed by atoms with E-state index >= 15 is 0 Å². The summed E-state index contributed by atoms with van der Waals surface area (Å²) in [6.07, 6.45) is 15.8. The Kier molecular flexibility index (Phi) is 14.1. The molecule has 0 aromatic rings. The summed E-state index contributed by atoms with van der Waals surface area (Å²) < 4.78 is 0. The normalized spacial score (nSPS) is 19.8. The molecule has 2 rings (SSSR count). The quantitative estimate of drug-likeness (QED) is 0.190. The van der Waals surface area contributed by atoms with Crippen molar-refractivity contribution in [1.29, 1.82) is 0 Å². The van der Waals surface area contributed by atoms with Gasteiger partial charge in [0.1, 0.15) is 0 Å². The van der Waals surface area contributed by atoms with Crippen LogP contribution in [0.5, 0.6) is 0 Å². The molecule has 222 valence electrons.